The summed E-state index contributed by atoms with van der Waals surface area (Å²) in [5, 5.41) is 24.9. The smallest absolute Gasteiger partial charge is 0.168 e. The van der Waals surface area contributed by atoms with Crippen LogP contribution in [0.25, 0.3) is 0 Å². The molecule has 0 aliphatic carbocycles. The van der Waals surface area contributed by atoms with E-state index in [0.717, 1.165) is 0 Å². The molecule has 0 aliphatic heterocycles. The summed E-state index contributed by atoms with van der Waals surface area (Å²) in [5.74, 6) is -0.552. The molecule has 2 N–H and O–H groups in total. The van der Waals surface area contributed by atoms with Crippen LogP contribution in [0.5, 0.6) is 0 Å². The van der Waals surface area contributed by atoms with Crippen molar-refractivity contribution in [3.05, 3.63) is 11.3 Å². The molecule has 13 heavy (non-hydrogen) atoms. The number of aliphatic hydroxyl groups excluding tert-OH is 1. The molecule has 0 aliphatic rings. The van der Waals surface area contributed by atoms with Gasteiger partial charge in [-0.05, 0) is 0 Å². The minimum atomic E-state index is -0.466. The third kappa shape index (κ3) is 2.71. The summed E-state index contributed by atoms with van der Waals surface area (Å²) in [6, 6.07) is 1.54. The first-order chi connectivity index (χ1) is 6.08. The quantitative estimate of drug-likeness (QED) is 0.392. The van der Waals surface area contributed by atoms with Crippen molar-refractivity contribution >= 4 is 11.5 Å². The van der Waals surface area contributed by atoms with Crippen LogP contribution in [0.15, 0.2) is 11.3 Å². The van der Waals surface area contributed by atoms with Crippen LogP contribution >= 0.6 is 0 Å². The van der Waals surface area contributed by atoms with Crippen molar-refractivity contribution < 1.29 is 9.90 Å². The van der Waals surface area contributed by atoms with Crippen LogP contribution in [0, 0.1) is 16.7 Å². The monoisotopic (exact) mass is 180 g/mol. The van der Waals surface area contributed by atoms with Crippen molar-refractivity contribution in [1.29, 1.82) is 10.7 Å². The van der Waals surface area contributed by atoms with Crippen LogP contribution in [0.1, 0.15) is 26.7 Å². The number of carbonyl (C=O) groups excluding carboxylic acids is 1. The molecule has 0 rings (SSSR count). The highest BCUT2D eigenvalue weighted by atomic mass is 16.3. The first-order valence-electron chi connectivity index (χ1n) is 4.02. The fraction of sp³-hybridized carbons (Fsp3) is 0.444. The maximum atomic E-state index is 11.2. The third-order valence-electron chi connectivity index (χ3n) is 1.59. The average molecular weight is 180 g/mol. The highest BCUT2D eigenvalue weighted by molar-refractivity contribution is 6.27. The lowest BCUT2D eigenvalue weighted by atomic mass is 10.0. The first-order valence-corrected chi connectivity index (χ1v) is 4.02. The molecule has 0 aromatic carbocycles. The maximum Gasteiger partial charge on any atom is 0.168 e. The van der Waals surface area contributed by atoms with Gasteiger partial charge in [-0.2, -0.15) is 5.26 Å². The number of nitrogens with zero attached hydrogens (tertiary/aromatic N) is 1. The number of rotatable bonds is 4. The summed E-state index contributed by atoms with van der Waals surface area (Å²) in [6.45, 7) is 3.28. The number of aliphatic hydroxyl groups is 1. The topological polar surface area (TPSA) is 84.9 Å². The van der Waals surface area contributed by atoms with Crippen molar-refractivity contribution in [2.45, 2.75) is 26.7 Å². The lowest BCUT2D eigenvalue weighted by molar-refractivity contribution is -0.114. The highest BCUT2D eigenvalue weighted by Gasteiger charge is 2.17. The number of allylic oxidation sites excluding steroid dienone is 2. The van der Waals surface area contributed by atoms with E-state index in [1.54, 1.807) is 19.9 Å². The zero-order chi connectivity index (χ0) is 10.4. The largest absolute Gasteiger partial charge is 0.511 e. The molecular weight excluding hydrogens is 168 g/mol. The predicted molar refractivity (Wildman–Crippen MR) is 48.6 cm³/mol. The van der Waals surface area contributed by atoms with Crippen molar-refractivity contribution in [2.24, 2.45) is 0 Å². The summed E-state index contributed by atoms with van der Waals surface area (Å²) in [6.07, 6.45) is 0.439. The van der Waals surface area contributed by atoms with Crippen molar-refractivity contribution in [3.8, 4) is 6.07 Å². The van der Waals surface area contributed by atoms with Gasteiger partial charge in [0, 0.05) is 12.8 Å². The standard InChI is InChI=1S/C9H12N2O2/c1-3-7(12)9(6(11)5-10)8(13)4-2/h11-12H,3-4H2,1-2H3/b9-7+,11-6?. The second-order valence-corrected chi connectivity index (χ2v) is 2.44. The Balaban J connectivity index is 5.13. The predicted octanol–water partition coefficient (Wildman–Crippen LogP) is 1.73. The normalized spacial score (nSPS) is 11.5. The number of nitriles is 1. The summed E-state index contributed by atoms with van der Waals surface area (Å²) in [7, 11) is 0. The second kappa shape index (κ2) is 5.09. The fourth-order valence-electron chi connectivity index (χ4n) is 0.854. The van der Waals surface area contributed by atoms with Gasteiger partial charge < -0.3 is 5.11 Å². The molecule has 0 unspecified atom stereocenters. The van der Waals surface area contributed by atoms with Gasteiger partial charge in [0.05, 0.1) is 5.57 Å². The highest BCUT2D eigenvalue weighted by Crippen LogP contribution is 2.09. The summed E-state index contributed by atoms with van der Waals surface area (Å²) < 4.78 is 0. The van der Waals surface area contributed by atoms with Gasteiger partial charge >= 0.3 is 0 Å². The zero-order valence-corrected chi connectivity index (χ0v) is 7.72. The van der Waals surface area contributed by atoms with E-state index < -0.39 is 5.71 Å². The van der Waals surface area contributed by atoms with E-state index in [-0.39, 0.29) is 30.0 Å². The minimum Gasteiger partial charge on any atom is -0.511 e. The van der Waals surface area contributed by atoms with Crippen LogP contribution < -0.4 is 0 Å². The number of nitrogens with one attached hydrogen (secondary N) is 1. The van der Waals surface area contributed by atoms with E-state index in [1.165, 1.54) is 0 Å². The summed E-state index contributed by atoms with van der Waals surface area (Å²) in [5.41, 5.74) is -0.612. The minimum absolute atomic E-state index is 0.146. The van der Waals surface area contributed by atoms with Gasteiger partial charge in [-0.25, -0.2) is 0 Å². The Kier molecular flexibility index (Phi) is 4.45. The number of hydrogen-bond donors (Lipinski definition) is 2. The Bertz CT molecular complexity index is 297. The Morgan fingerprint density at radius 3 is 2.31 bits per heavy atom. The molecule has 0 aromatic rings. The van der Waals surface area contributed by atoms with Crippen molar-refractivity contribution in [1.82, 2.24) is 0 Å². The molecule has 0 spiro atoms. The van der Waals surface area contributed by atoms with Gasteiger partial charge in [-0.3, -0.25) is 10.2 Å². The molecule has 0 atom stereocenters. The van der Waals surface area contributed by atoms with E-state index in [9.17, 15) is 9.90 Å². The molecule has 0 heterocycles. The SMILES string of the molecule is CCC(=O)/C(C(=N)C#N)=C(/O)CC. The molecule has 0 amide bonds. The van der Waals surface area contributed by atoms with Crippen molar-refractivity contribution in [2.75, 3.05) is 0 Å². The number of carbonyl (C=O) groups is 1. The molecule has 4 heteroatoms. The second-order valence-electron chi connectivity index (χ2n) is 2.44. The average Bonchev–Trinajstić information content (AvgIpc) is 2.16. The Morgan fingerprint density at radius 2 is 2.00 bits per heavy atom. The maximum absolute atomic E-state index is 11.2. The van der Waals surface area contributed by atoms with Gasteiger partial charge in [-0.1, -0.05) is 13.8 Å². The molecule has 70 valence electrons. The van der Waals surface area contributed by atoms with Gasteiger partial charge in [0.1, 0.15) is 17.5 Å². The molecule has 0 aromatic heterocycles. The van der Waals surface area contributed by atoms with Crippen LogP contribution in [0.2, 0.25) is 0 Å². The Hall–Kier alpha value is -1.63. The Labute approximate surface area is 77.0 Å². The lowest BCUT2D eigenvalue weighted by Gasteiger charge is -2.03. The third-order valence-corrected chi connectivity index (χ3v) is 1.59. The van der Waals surface area contributed by atoms with Crippen LogP contribution in [0.3, 0.4) is 0 Å². The number of Topliss-reactive ketones (excluding diaryl/α,β-unsaturated/α-hetero) is 1. The molecule has 0 bridgehead atoms. The van der Waals surface area contributed by atoms with Gasteiger partial charge in [0.2, 0.25) is 0 Å². The number of ketones is 1. The van der Waals surface area contributed by atoms with E-state index in [1.807, 2.05) is 0 Å². The molecular formula is C9H12N2O2. The molecule has 0 saturated carbocycles. The Morgan fingerprint density at radius 1 is 1.46 bits per heavy atom. The van der Waals surface area contributed by atoms with E-state index in [0.29, 0.717) is 0 Å². The van der Waals surface area contributed by atoms with Gasteiger partial charge in [0.25, 0.3) is 0 Å². The summed E-state index contributed by atoms with van der Waals surface area (Å²) in [4.78, 5) is 11.2. The molecule has 4 nitrogen and oxygen atoms in total. The molecule has 0 fully saturated rings. The number of hydrogen-bond acceptors (Lipinski definition) is 4. The van der Waals surface area contributed by atoms with Crippen molar-refractivity contribution in [3.63, 3.8) is 0 Å². The van der Waals surface area contributed by atoms with E-state index in [2.05, 4.69) is 0 Å². The van der Waals surface area contributed by atoms with Gasteiger partial charge in [0.15, 0.2) is 5.78 Å². The van der Waals surface area contributed by atoms with E-state index in [4.69, 9.17) is 10.7 Å². The molecule has 0 radical (unpaired) electrons. The van der Waals surface area contributed by atoms with Crippen LogP contribution in [-0.4, -0.2) is 16.6 Å². The van der Waals surface area contributed by atoms with Gasteiger partial charge in [-0.15, -0.1) is 0 Å². The van der Waals surface area contributed by atoms with Crippen LogP contribution in [0.4, 0.5) is 0 Å². The molecule has 0 saturated heterocycles. The fourth-order valence-corrected chi connectivity index (χ4v) is 0.854. The zero-order valence-electron chi connectivity index (χ0n) is 7.72. The van der Waals surface area contributed by atoms with Crippen LogP contribution in [-0.2, 0) is 4.79 Å². The lowest BCUT2D eigenvalue weighted by Crippen LogP contribution is -2.12. The first kappa shape index (κ1) is 11.4. The van der Waals surface area contributed by atoms with E-state index >= 15 is 0 Å². The summed E-state index contributed by atoms with van der Waals surface area (Å²) >= 11 is 0.